The topological polar surface area (TPSA) is 66.3 Å². The molecular formula is C17H14Cl2N4O2S. The van der Waals surface area contributed by atoms with Gasteiger partial charge in [-0.2, -0.15) is 5.11 Å². The first-order chi connectivity index (χ1) is 12.5. The van der Waals surface area contributed by atoms with Gasteiger partial charge in [0.15, 0.2) is 12.8 Å². The highest BCUT2D eigenvalue weighted by Crippen LogP contribution is 2.26. The molecular weight excluding hydrogens is 395 g/mol. The molecule has 2 aromatic rings. The lowest BCUT2D eigenvalue weighted by molar-refractivity contribution is -0.123. The molecule has 0 saturated heterocycles. The normalized spacial score (nSPS) is 16.0. The molecule has 26 heavy (non-hydrogen) atoms. The minimum atomic E-state index is -0.430. The van der Waals surface area contributed by atoms with Crippen LogP contribution in [0.25, 0.3) is 0 Å². The van der Waals surface area contributed by atoms with Crippen LogP contribution < -0.4 is 15.0 Å². The Labute approximate surface area is 165 Å². The molecule has 6 nitrogen and oxygen atoms in total. The summed E-state index contributed by atoms with van der Waals surface area (Å²) in [4.78, 5) is 13.7. The zero-order chi connectivity index (χ0) is 18.5. The number of carbonyl (C=O) groups is 1. The van der Waals surface area contributed by atoms with E-state index in [1.165, 1.54) is 0 Å². The Kier molecular flexibility index (Phi) is 6.03. The van der Waals surface area contributed by atoms with E-state index in [1.807, 2.05) is 12.1 Å². The van der Waals surface area contributed by atoms with E-state index < -0.39 is 6.17 Å². The maximum Gasteiger partial charge on any atom is 0.258 e. The van der Waals surface area contributed by atoms with Gasteiger partial charge in [0.2, 0.25) is 5.11 Å². The van der Waals surface area contributed by atoms with Gasteiger partial charge in [-0.3, -0.25) is 9.69 Å². The Morgan fingerprint density at radius 2 is 1.96 bits per heavy atom. The molecule has 134 valence electrons. The largest absolute Gasteiger partial charge is 0.484 e. The molecule has 0 aromatic heterocycles. The second kappa shape index (κ2) is 8.44. The van der Waals surface area contributed by atoms with Crippen molar-refractivity contribution in [3.8, 4) is 5.75 Å². The predicted molar refractivity (Wildman–Crippen MR) is 105 cm³/mol. The van der Waals surface area contributed by atoms with Gasteiger partial charge >= 0.3 is 0 Å². The zero-order valence-electron chi connectivity index (χ0n) is 13.4. The first kappa shape index (κ1) is 18.6. The average molecular weight is 409 g/mol. The third kappa shape index (κ3) is 4.69. The van der Waals surface area contributed by atoms with E-state index in [0.29, 0.717) is 20.9 Å². The Morgan fingerprint density at radius 1 is 1.19 bits per heavy atom. The van der Waals surface area contributed by atoms with E-state index in [4.69, 9.17) is 40.2 Å². The SMILES string of the molecule is O=C(COc1ccc(Cl)cc1)NCC1N=NC(=S)N1c1cccc(Cl)c1. The van der Waals surface area contributed by atoms with Crippen LogP contribution in [-0.4, -0.2) is 30.3 Å². The summed E-state index contributed by atoms with van der Waals surface area (Å²) in [5.74, 6) is 0.283. The lowest BCUT2D eigenvalue weighted by Gasteiger charge is -2.23. The molecule has 0 bridgehead atoms. The Bertz CT molecular complexity index is 845. The Hall–Kier alpha value is -2.22. The van der Waals surface area contributed by atoms with Gasteiger partial charge in [0.25, 0.3) is 5.91 Å². The summed E-state index contributed by atoms with van der Waals surface area (Å²) in [5.41, 5.74) is 0.768. The van der Waals surface area contributed by atoms with E-state index in [-0.39, 0.29) is 19.1 Å². The van der Waals surface area contributed by atoms with Gasteiger partial charge in [-0.05, 0) is 54.7 Å². The minimum Gasteiger partial charge on any atom is -0.484 e. The van der Waals surface area contributed by atoms with E-state index >= 15 is 0 Å². The lowest BCUT2D eigenvalue weighted by Crippen LogP contribution is -2.43. The fourth-order valence-electron chi connectivity index (χ4n) is 2.32. The fourth-order valence-corrected chi connectivity index (χ4v) is 2.90. The highest BCUT2D eigenvalue weighted by atomic mass is 35.5. The number of carbonyl (C=O) groups excluding carboxylic acids is 1. The van der Waals surface area contributed by atoms with E-state index in [0.717, 1.165) is 5.69 Å². The summed E-state index contributed by atoms with van der Waals surface area (Å²) >= 11 is 17.1. The number of halogens is 2. The zero-order valence-corrected chi connectivity index (χ0v) is 15.8. The molecule has 0 fully saturated rings. The summed E-state index contributed by atoms with van der Waals surface area (Å²) in [7, 11) is 0. The van der Waals surface area contributed by atoms with Crippen molar-refractivity contribution in [2.24, 2.45) is 10.2 Å². The van der Waals surface area contributed by atoms with E-state index in [9.17, 15) is 4.79 Å². The number of anilines is 1. The number of azo groups is 1. The van der Waals surface area contributed by atoms with Crippen LogP contribution >= 0.6 is 35.4 Å². The molecule has 3 rings (SSSR count). The molecule has 1 atom stereocenters. The first-order valence-electron chi connectivity index (χ1n) is 7.67. The van der Waals surface area contributed by atoms with E-state index in [2.05, 4.69) is 15.5 Å². The number of amides is 1. The monoisotopic (exact) mass is 408 g/mol. The first-order valence-corrected chi connectivity index (χ1v) is 8.84. The molecule has 0 radical (unpaired) electrons. The molecule has 2 aromatic carbocycles. The number of nitrogens with one attached hydrogen (secondary N) is 1. The van der Waals surface area contributed by atoms with Gasteiger partial charge in [-0.25, -0.2) is 0 Å². The smallest absolute Gasteiger partial charge is 0.258 e. The van der Waals surface area contributed by atoms with Gasteiger partial charge in [0.1, 0.15) is 5.75 Å². The van der Waals surface area contributed by atoms with Crippen molar-refractivity contribution in [1.82, 2.24) is 5.32 Å². The maximum atomic E-state index is 12.0. The van der Waals surface area contributed by atoms with Crippen LogP contribution in [0.2, 0.25) is 10.0 Å². The number of hydrogen-bond donors (Lipinski definition) is 1. The number of ether oxygens (including phenoxy) is 1. The van der Waals surface area contributed by atoms with Crippen LogP contribution in [0.4, 0.5) is 5.69 Å². The Balaban J connectivity index is 1.54. The molecule has 1 heterocycles. The molecule has 0 aliphatic carbocycles. The van der Waals surface area contributed by atoms with Crippen molar-refractivity contribution in [2.45, 2.75) is 6.17 Å². The number of nitrogens with zero attached hydrogens (tertiary/aromatic N) is 3. The molecule has 1 amide bonds. The van der Waals surface area contributed by atoms with Crippen LogP contribution in [-0.2, 0) is 4.79 Å². The number of benzene rings is 2. The van der Waals surface area contributed by atoms with Crippen LogP contribution in [0.15, 0.2) is 58.8 Å². The predicted octanol–water partition coefficient (Wildman–Crippen LogP) is 4.07. The van der Waals surface area contributed by atoms with Crippen molar-refractivity contribution >= 4 is 52.1 Å². The quantitative estimate of drug-likeness (QED) is 0.731. The van der Waals surface area contributed by atoms with Gasteiger partial charge in [-0.15, -0.1) is 5.11 Å². The van der Waals surface area contributed by atoms with Gasteiger partial charge in [0.05, 0.1) is 6.54 Å². The minimum absolute atomic E-state index is 0.118. The van der Waals surface area contributed by atoms with Crippen molar-refractivity contribution in [1.29, 1.82) is 0 Å². The van der Waals surface area contributed by atoms with Gasteiger partial charge < -0.3 is 10.1 Å². The number of hydrogen-bond acceptors (Lipinski definition) is 4. The van der Waals surface area contributed by atoms with Crippen molar-refractivity contribution < 1.29 is 9.53 Å². The Morgan fingerprint density at radius 3 is 2.69 bits per heavy atom. The molecule has 0 spiro atoms. The molecule has 9 heteroatoms. The van der Waals surface area contributed by atoms with Crippen molar-refractivity contribution in [3.63, 3.8) is 0 Å². The standard InChI is InChI=1S/C17H14Cl2N4O2S/c18-11-4-6-14(7-5-11)25-10-16(24)20-9-15-21-22-17(26)23(15)13-3-1-2-12(19)8-13/h1-8,15H,9-10H2,(H,20,24). The van der Waals surface area contributed by atoms with Gasteiger partial charge in [-0.1, -0.05) is 29.3 Å². The fraction of sp³-hybridized carbons (Fsp3) is 0.176. The van der Waals surface area contributed by atoms with Crippen LogP contribution in [0.5, 0.6) is 5.75 Å². The molecule has 1 N–H and O–H groups in total. The van der Waals surface area contributed by atoms with Crippen molar-refractivity contribution in [2.75, 3.05) is 18.1 Å². The average Bonchev–Trinajstić information content (AvgIpc) is 3.00. The third-order valence-corrected chi connectivity index (χ3v) is 4.30. The molecule has 1 unspecified atom stereocenters. The van der Waals surface area contributed by atoms with Crippen molar-refractivity contribution in [3.05, 3.63) is 58.6 Å². The highest BCUT2D eigenvalue weighted by Gasteiger charge is 2.28. The third-order valence-electron chi connectivity index (χ3n) is 3.53. The molecule has 1 aliphatic rings. The second-order valence-corrected chi connectivity index (χ2v) is 6.61. The molecule has 0 saturated carbocycles. The lowest BCUT2D eigenvalue weighted by atomic mass is 10.2. The second-order valence-electron chi connectivity index (χ2n) is 5.38. The van der Waals surface area contributed by atoms with E-state index in [1.54, 1.807) is 41.3 Å². The summed E-state index contributed by atoms with van der Waals surface area (Å²) in [5, 5.41) is 12.3. The summed E-state index contributed by atoms with van der Waals surface area (Å²) in [6.45, 7) is 0.117. The molecule has 1 aliphatic heterocycles. The van der Waals surface area contributed by atoms with Crippen LogP contribution in [0, 0.1) is 0 Å². The maximum absolute atomic E-state index is 12.0. The van der Waals surface area contributed by atoms with Crippen LogP contribution in [0.1, 0.15) is 0 Å². The summed E-state index contributed by atoms with van der Waals surface area (Å²) < 4.78 is 5.40. The highest BCUT2D eigenvalue weighted by molar-refractivity contribution is 7.80. The summed E-state index contributed by atoms with van der Waals surface area (Å²) in [6.07, 6.45) is -0.430. The van der Waals surface area contributed by atoms with Crippen LogP contribution in [0.3, 0.4) is 0 Å². The number of thiocarbonyl (C=S) groups is 1. The summed E-state index contributed by atoms with van der Waals surface area (Å²) in [6, 6.07) is 14.0. The number of rotatable bonds is 6. The van der Waals surface area contributed by atoms with Gasteiger partial charge in [0, 0.05) is 15.7 Å².